The third-order valence-electron chi connectivity index (χ3n) is 3.94. The Bertz CT molecular complexity index is 874. The molecule has 9 heteroatoms. The number of nitrogens with one attached hydrogen (secondary N) is 1. The van der Waals surface area contributed by atoms with E-state index in [9.17, 15) is 14.7 Å². The van der Waals surface area contributed by atoms with Crippen LogP contribution in [0.1, 0.15) is 33.1 Å². The summed E-state index contributed by atoms with van der Waals surface area (Å²) in [6.45, 7) is 4.53. The third-order valence-corrected chi connectivity index (χ3v) is 4.27. The molecule has 1 atom stereocenters. The van der Waals surface area contributed by atoms with Crippen molar-refractivity contribution in [1.29, 1.82) is 0 Å². The second-order valence-electron chi connectivity index (χ2n) is 5.82. The number of imidazole rings is 1. The number of rotatable bonds is 8. The molecule has 0 saturated carbocycles. The number of hydrogen-bond donors (Lipinski definition) is 2. The molecule has 0 bridgehead atoms. The summed E-state index contributed by atoms with van der Waals surface area (Å²) in [5, 5.41) is 9.30. The maximum Gasteiger partial charge on any atom is 0.332 e. The Hall–Kier alpha value is -1.71. The van der Waals surface area contributed by atoms with Crippen LogP contribution in [0.15, 0.2) is 9.59 Å². The Kier molecular flexibility index (Phi) is 6.14. The fourth-order valence-electron chi connectivity index (χ4n) is 2.62. The smallest absolute Gasteiger partial charge is 0.332 e. The summed E-state index contributed by atoms with van der Waals surface area (Å²) in [5.41, 5.74) is -0.0254. The predicted octanol–water partition coefficient (Wildman–Crippen LogP) is 1.10. The number of unbranched alkanes of at least 4 members (excludes halogenated alkanes) is 1. The van der Waals surface area contributed by atoms with Crippen molar-refractivity contribution in [2.75, 3.05) is 6.61 Å². The Balaban J connectivity index is 2.47. The normalized spacial score (nSPS) is 12.8. The topological polar surface area (TPSA) is 94.2 Å². The second-order valence-corrected chi connectivity index (χ2v) is 6.21. The van der Waals surface area contributed by atoms with Crippen LogP contribution in [0.25, 0.3) is 11.2 Å². The summed E-state index contributed by atoms with van der Waals surface area (Å²) in [5.74, 6) is 0. The first-order valence-electron chi connectivity index (χ1n) is 8.06. The molecular formula is C15H24N4O4S. The van der Waals surface area contributed by atoms with Crippen molar-refractivity contribution in [2.24, 2.45) is 7.05 Å². The van der Waals surface area contributed by atoms with E-state index in [-0.39, 0.29) is 24.1 Å². The minimum atomic E-state index is -0.385. The number of fused-ring (bicyclic) bond motifs is 1. The van der Waals surface area contributed by atoms with Gasteiger partial charge in [0.25, 0.3) is 5.56 Å². The molecule has 134 valence electrons. The Labute approximate surface area is 144 Å². The quantitative estimate of drug-likeness (QED) is 0.546. The van der Waals surface area contributed by atoms with Gasteiger partial charge in [0, 0.05) is 20.2 Å². The van der Waals surface area contributed by atoms with Crippen molar-refractivity contribution in [3.05, 3.63) is 25.6 Å². The van der Waals surface area contributed by atoms with Gasteiger partial charge in [0.2, 0.25) is 0 Å². The van der Waals surface area contributed by atoms with Crippen LogP contribution < -0.4 is 11.2 Å². The number of aromatic nitrogens is 4. The number of aromatic amines is 1. The number of aliphatic hydroxyl groups is 1. The summed E-state index contributed by atoms with van der Waals surface area (Å²) < 4.78 is 9.90. The van der Waals surface area contributed by atoms with Gasteiger partial charge in [0.15, 0.2) is 10.3 Å². The highest BCUT2D eigenvalue weighted by Crippen LogP contribution is 2.09. The molecule has 1 unspecified atom stereocenters. The van der Waals surface area contributed by atoms with Crippen molar-refractivity contribution in [3.8, 4) is 0 Å². The third kappa shape index (κ3) is 3.68. The zero-order valence-corrected chi connectivity index (χ0v) is 15.1. The largest absolute Gasteiger partial charge is 0.393 e. The van der Waals surface area contributed by atoms with Gasteiger partial charge < -0.3 is 14.8 Å². The van der Waals surface area contributed by atoms with E-state index in [0.29, 0.717) is 41.9 Å². The van der Waals surface area contributed by atoms with E-state index in [0.717, 1.165) is 6.42 Å². The molecule has 0 amide bonds. The zero-order chi connectivity index (χ0) is 17.9. The molecule has 2 rings (SSSR count). The van der Waals surface area contributed by atoms with E-state index in [4.69, 9.17) is 17.0 Å². The lowest BCUT2D eigenvalue weighted by molar-refractivity contribution is 0.0894. The highest BCUT2D eigenvalue weighted by molar-refractivity contribution is 7.71. The molecular weight excluding hydrogens is 332 g/mol. The summed E-state index contributed by atoms with van der Waals surface area (Å²) in [6, 6.07) is 0. The molecule has 0 aliphatic heterocycles. The zero-order valence-electron chi connectivity index (χ0n) is 14.2. The van der Waals surface area contributed by atoms with Gasteiger partial charge in [-0.25, -0.2) is 4.79 Å². The van der Waals surface area contributed by atoms with Crippen LogP contribution >= 0.6 is 12.2 Å². The first-order valence-corrected chi connectivity index (χ1v) is 8.47. The molecule has 2 heterocycles. The molecule has 0 aromatic carbocycles. The van der Waals surface area contributed by atoms with Crippen LogP contribution in [0, 0.1) is 4.77 Å². The Morgan fingerprint density at radius 1 is 1.29 bits per heavy atom. The van der Waals surface area contributed by atoms with E-state index in [1.54, 1.807) is 18.5 Å². The molecule has 0 aliphatic rings. The average Bonchev–Trinajstić information content (AvgIpc) is 2.86. The van der Waals surface area contributed by atoms with Gasteiger partial charge in [-0.2, -0.15) is 0 Å². The predicted molar refractivity (Wildman–Crippen MR) is 93.8 cm³/mol. The molecule has 2 N–H and O–H groups in total. The molecule has 0 spiro atoms. The van der Waals surface area contributed by atoms with Gasteiger partial charge in [0.05, 0.1) is 6.10 Å². The first-order chi connectivity index (χ1) is 11.4. The van der Waals surface area contributed by atoms with E-state index < -0.39 is 0 Å². The van der Waals surface area contributed by atoms with E-state index in [1.807, 2.05) is 6.92 Å². The van der Waals surface area contributed by atoms with Gasteiger partial charge >= 0.3 is 5.69 Å². The highest BCUT2D eigenvalue weighted by Gasteiger charge is 2.16. The fourth-order valence-corrected chi connectivity index (χ4v) is 2.86. The van der Waals surface area contributed by atoms with Crippen molar-refractivity contribution >= 4 is 23.4 Å². The van der Waals surface area contributed by atoms with Crippen molar-refractivity contribution in [2.45, 2.75) is 52.5 Å². The monoisotopic (exact) mass is 356 g/mol. The second kappa shape index (κ2) is 7.91. The van der Waals surface area contributed by atoms with Gasteiger partial charge in [-0.3, -0.25) is 18.5 Å². The van der Waals surface area contributed by atoms with Gasteiger partial charge in [-0.15, -0.1) is 0 Å². The van der Waals surface area contributed by atoms with E-state index in [1.165, 1.54) is 9.13 Å². The van der Waals surface area contributed by atoms with Crippen LogP contribution in [0.2, 0.25) is 0 Å². The summed E-state index contributed by atoms with van der Waals surface area (Å²) in [4.78, 5) is 28.1. The number of H-pyrrole nitrogens is 1. The standard InChI is InChI=1S/C15H24N4O4S/c1-4-23-9-19-11-12(16-14(19)24)17(3)15(22)18(13(11)21)8-6-5-7-10(2)20/h10,20H,4-9H2,1-3H3,(H,16,24). The van der Waals surface area contributed by atoms with Crippen LogP contribution in [0.5, 0.6) is 0 Å². The van der Waals surface area contributed by atoms with Gasteiger partial charge in [-0.05, 0) is 45.3 Å². The summed E-state index contributed by atoms with van der Waals surface area (Å²) in [7, 11) is 1.60. The maximum atomic E-state index is 12.8. The van der Waals surface area contributed by atoms with Crippen LogP contribution in [-0.2, 0) is 25.1 Å². The molecule has 2 aromatic heterocycles. The first kappa shape index (κ1) is 18.6. The van der Waals surface area contributed by atoms with Crippen molar-refractivity contribution < 1.29 is 9.84 Å². The number of aliphatic hydroxyl groups excluding tert-OH is 1. The van der Waals surface area contributed by atoms with Gasteiger partial charge in [0.1, 0.15) is 12.4 Å². The number of ether oxygens (including phenoxy) is 1. The molecule has 2 aromatic rings. The minimum absolute atomic E-state index is 0.158. The summed E-state index contributed by atoms with van der Waals surface area (Å²) >= 11 is 5.24. The van der Waals surface area contributed by atoms with E-state index in [2.05, 4.69) is 4.98 Å². The lowest BCUT2D eigenvalue weighted by atomic mass is 10.2. The molecule has 0 saturated heterocycles. The van der Waals surface area contributed by atoms with Crippen LogP contribution in [-0.4, -0.2) is 36.5 Å². The van der Waals surface area contributed by atoms with Crippen LogP contribution in [0.3, 0.4) is 0 Å². The van der Waals surface area contributed by atoms with Crippen molar-refractivity contribution in [1.82, 2.24) is 18.7 Å². The molecule has 0 aliphatic carbocycles. The Morgan fingerprint density at radius 3 is 2.62 bits per heavy atom. The number of nitrogens with zero attached hydrogens (tertiary/aromatic N) is 3. The van der Waals surface area contributed by atoms with Gasteiger partial charge in [-0.1, -0.05) is 0 Å². The van der Waals surface area contributed by atoms with Crippen LogP contribution in [0.4, 0.5) is 0 Å². The lowest BCUT2D eigenvalue weighted by Crippen LogP contribution is -2.39. The SMILES string of the molecule is CCOCn1c(=S)[nH]c2c1c(=O)n(CCCCC(C)O)c(=O)n2C. The molecule has 24 heavy (non-hydrogen) atoms. The van der Waals surface area contributed by atoms with E-state index >= 15 is 0 Å². The van der Waals surface area contributed by atoms with Crippen molar-refractivity contribution in [3.63, 3.8) is 0 Å². The number of hydrogen-bond acceptors (Lipinski definition) is 5. The fraction of sp³-hybridized carbons (Fsp3) is 0.667. The Morgan fingerprint density at radius 2 is 2.00 bits per heavy atom. The minimum Gasteiger partial charge on any atom is -0.393 e. The lowest BCUT2D eigenvalue weighted by Gasteiger charge is -2.10. The molecule has 8 nitrogen and oxygen atoms in total. The summed E-state index contributed by atoms with van der Waals surface area (Å²) in [6.07, 6.45) is 1.64. The highest BCUT2D eigenvalue weighted by atomic mass is 32.1. The molecule has 0 fully saturated rings. The maximum absolute atomic E-state index is 12.8. The number of aryl methyl sites for hydroxylation is 1. The average molecular weight is 356 g/mol. The molecule has 0 radical (unpaired) electrons.